The normalized spacial score (nSPS) is 25.9. The summed E-state index contributed by atoms with van der Waals surface area (Å²) < 4.78 is 0. The molecule has 1 rings (SSSR count). The fourth-order valence-electron chi connectivity index (χ4n) is 1.97. The van der Waals surface area contributed by atoms with E-state index in [9.17, 15) is 14.7 Å². The van der Waals surface area contributed by atoms with Crippen molar-refractivity contribution in [2.24, 2.45) is 5.92 Å². The van der Waals surface area contributed by atoms with Gasteiger partial charge in [-0.05, 0) is 13.3 Å². The van der Waals surface area contributed by atoms with E-state index in [0.29, 0.717) is 6.42 Å². The molecule has 1 N–H and O–H groups in total. The molecule has 0 aromatic heterocycles. The summed E-state index contributed by atoms with van der Waals surface area (Å²) in [4.78, 5) is 24.3. The number of likely N-dealkylation sites (tertiary alicyclic amines) is 1. The van der Waals surface area contributed by atoms with E-state index in [-0.39, 0.29) is 30.7 Å². The molecule has 1 fully saturated rings. The van der Waals surface area contributed by atoms with E-state index in [4.69, 9.17) is 0 Å². The minimum Gasteiger partial charge on any atom is -0.388 e. The van der Waals surface area contributed by atoms with Gasteiger partial charge in [-0.3, -0.25) is 14.5 Å². The highest BCUT2D eigenvalue weighted by molar-refractivity contribution is 6.03. The first-order valence-electron chi connectivity index (χ1n) is 5.44. The molecular formula is C11H19NO3. The van der Waals surface area contributed by atoms with Crippen LogP contribution in [0.25, 0.3) is 0 Å². The van der Waals surface area contributed by atoms with E-state index in [1.165, 1.54) is 4.90 Å². The van der Waals surface area contributed by atoms with Crippen molar-refractivity contribution >= 4 is 11.8 Å². The van der Waals surface area contributed by atoms with E-state index >= 15 is 0 Å². The van der Waals surface area contributed by atoms with Gasteiger partial charge in [-0.1, -0.05) is 20.3 Å². The van der Waals surface area contributed by atoms with E-state index < -0.39 is 5.60 Å². The van der Waals surface area contributed by atoms with Crippen molar-refractivity contribution in [2.45, 2.75) is 45.6 Å². The molecule has 1 saturated heterocycles. The summed E-state index contributed by atoms with van der Waals surface area (Å²) in [5.74, 6) is -0.546. The highest BCUT2D eigenvalue weighted by Crippen LogP contribution is 2.22. The number of hydrogen-bond donors (Lipinski definition) is 1. The quantitative estimate of drug-likeness (QED) is 0.707. The summed E-state index contributed by atoms with van der Waals surface area (Å²) in [5.41, 5.74) is -0.954. The van der Waals surface area contributed by atoms with Crippen LogP contribution in [0.4, 0.5) is 0 Å². The van der Waals surface area contributed by atoms with Gasteiger partial charge in [-0.2, -0.15) is 0 Å². The number of β-amino-alcohol motifs (C(OH)–C–C–N with tert-alkyl or cyclic N) is 1. The lowest BCUT2D eigenvalue weighted by Gasteiger charge is -2.27. The number of nitrogens with zero attached hydrogens (tertiary/aromatic N) is 1. The molecule has 1 heterocycles. The minimum absolute atomic E-state index is 0.128. The van der Waals surface area contributed by atoms with Crippen LogP contribution in [0.15, 0.2) is 0 Å². The summed E-state index contributed by atoms with van der Waals surface area (Å²) in [6.45, 7) is 5.50. The summed E-state index contributed by atoms with van der Waals surface area (Å²) in [7, 11) is 0. The van der Waals surface area contributed by atoms with Crippen LogP contribution in [0, 0.1) is 5.92 Å². The molecule has 4 heteroatoms. The Hall–Kier alpha value is -0.900. The largest absolute Gasteiger partial charge is 0.388 e. The Morgan fingerprint density at radius 3 is 2.53 bits per heavy atom. The molecule has 86 valence electrons. The molecule has 15 heavy (non-hydrogen) atoms. The second-order valence-corrected chi connectivity index (χ2v) is 4.67. The van der Waals surface area contributed by atoms with Gasteiger partial charge in [0.1, 0.15) is 0 Å². The van der Waals surface area contributed by atoms with Crippen molar-refractivity contribution in [1.82, 2.24) is 4.90 Å². The van der Waals surface area contributed by atoms with Crippen LogP contribution in [0.2, 0.25) is 0 Å². The lowest BCUT2D eigenvalue weighted by Crippen LogP contribution is -2.43. The molecule has 2 atom stereocenters. The van der Waals surface area contributed by atoms with E-state index in [2.05, 4.69) is 0 Å². The predicted octanol–water partition coefficient (Wildman–Crippen LogP) is 0.932. The topological polar surface area (TPSA) is 57.6 Å². The number of carbonyl (C=O) groups is 2. The van der Waals surface area contributed by atoms with Gasteiger partial charge in [0.15, 0.2) is 0 Å². The second-order valence-electron chi connectivity index (χ2n) is 4.67. The van der Waals surface area contributed by atoms with Crippen LogP contribution in [-0.4, -0.2) is 34.0 Å². The van der Waals surface area contributed by atoms with E-state index in [1.54, 1.807) is 13.8 Å². The third-order valence-electron chi connectivity index (χ3n) is 2.76. The Bertz CT molecular complexity index is 273. The Morgan fingerprint density at radius 1 is 1.53 bits per heavy atom. The van der Waals surface area contributed by atoms with Gasteiger partial charge in [0, 0.05) is 12.3 Å². The van der Waals surface area contributed by atoms with Gasteiger partial charge < -0.3 is 5.11 Å². The molecule has 0 bridgehead atoms. The van der Waals surface area contributed by atoms with Crippen molar-refractivity contribution in [2.75, 3.05) is 6.54 Å². The van der Waals surface area contributed by atoms with E-state index in [0.717, 1.165) is 6.42 Å². The zero-order valence-corrected chi connectivity index (χ0v) is 9.62. The van der Waals surface area contributed by atoms with Gasteiger partial charge in [0.25, 0.3) is 0 Å². The van der Waals surface area contributed by atoms with Crippen molar-refractivity contribution < 1.29 is 14.7 Å². The molecule has 2 amide bonds. The van der Waals surface area contributed by atoms with Gasteiger partial charge >= 0.3 is 0 Å². The standard InChI is InChI=1S/C11H19NO3/c1-4-5-11(3,15)7-12-9(13)6-8(2)10(12)14/h8,15H,4-7H2,1-3H3. The summed E-state index contributed by atoms with van der Waals surface area (Å²) in [5, 5.41) is 9.95. The fourth-order valence-corrected chi connectivity index (χ4v) is 1.97. The Morgan fingerprint density at radius 2 is 2.13 bits per heavy atom. The molecular weight excluding hydrogens is 194 g/mol. The maximum atomic E-state index is 11.6. The molecule has 0 aromatic rings. The lowest BCUT2D eigenvalue weighted by molar-refractivity contribution is -0.143. The number of imide groups is 1. The summed E-state index contributed by atoms with van der Waals surface area (Å²) in [6.07, 6.45) is 1.71. The molecule has 1 aliphatic heterocycles. The molecule has 0 saturated carbocycles. The Kier molecular flexibility index (Phi) is 3.50. The zero-order chi connectivity index (χ0) is 11.6. The second kappa shape index (κ2) is 4.31. The Labute approximate surface area is 90.3 Å². The third kappa shape index (κ3) is 2.78. The van der Waals surface area contributed by atoms with Crippen LogP contribution in [-0.2, 0) is 9.59 Å². The smallest absolute Gasteiger partial charge is 0.232 e. The summed E-state index contributed by atoms with van der Waals surface area (Å²) >= 11 is 0. The van der Waals surface area contributed by atoms with Crippen molar-refractivity contribution in [3.05, 3.63) is 0 Å². The average molecular weight is 213 g/mol. The number of hydrogen-bond acceptors (Lipinski definition) is 3. The van der Waals surface area contributed by atoms with Crippen LogP contribution in [0.3, 0.4) is 0 Å². The van der Waals surface area contributed by atoms with Crippen molar-refractivity contribution in [3.8, 4) is 0 Å². The number of amides is 2. The number of carbonyl (C=O) groups excluding carboxylic acids is 2. The number of rotatable bonds is 4. The summed E-state index contributed by atoms with van der Waals surface area (Å²) in [6, 6.07) is 0. The molecule has 2 unspecified atom stereocenters. The molecule has 0 aromatic carbocycles. The monoisotopic (exact) mass is 213 g/mol. The van der Waals surface area contributed by atoms with Crippen LogP contribution < -0.4 is 0 Å². The van der Waals surface area contributed by atoms with Crippen molar-refractivity contribution in [1.29, 1.82) is 0 Å². The van der Waals surface area contributed by atoms with Gasteiger partial charge in [0.05, 0.1) is 12.1 Å². The molecule has 0 aliphatic carbocycles. The molecule has 0 spiro atoms. The van der Waals surface area contributed by atoms with Crippen molar-refractivity contribution in [3.63, 3.8) is 0 Å². The highest BCUT2D eigenvalue weighted by atomic mass is 16.3. The minimum atomic E-state index is -0.954. The first-order chi connectivity index (χ1) is 6.87. The maximum absolute atomic E-state index is 11.6. The average Bonchev–Trinajstić information content (AvgIpc) is 2.32. The molecule has 4 nitrogen and oxygen atoms in total. The van der Waals surface area contributed by atoms with Gasteiger partial charge in [0.2, 0.25) is 11.8 Å². The Balaban J connectivity index is 2.65. The van der Waals surface area contributed by atoms with Crippen LogP contribution in [0.5, 0.6) is 0 Å². The number of aliphatic hydroxyl groups is 1. The first kappa shape index (κ1) is 12.2. The third-order valence-corrected chi connectivity index (χ3v) is 2.76. The van der Waals surface area contributed by atoms with Gasteiger partial charge in [-0.25, -0.2) is 0 Å². The molecule has 1 aliphatic rings. The van der Waals surface area contributed by atoms with E-state index in [1.807, 2.05) is 6.92 Å². The highest BCUT2D eigenvalue weighted by Gasteiger charge is 2.38. The lowest BCUT2D eigenvalue weighted by atomic mass is 10.0. The maximum Gasteiger partial charge on any atom is 0.232 e. The van der Waals surface area contributed by atoms with Crippen LogP contribution >= 0.6 is 0 Å². The van der Waals surface area contributed by atoms with Gasteiger partial charge in [-0.15, -0.1) is 0 Å². The van der Waals surface area contributed by atoms with Crippen LogP contribution in [0.1, 0.15) is 40.0 Å². The SMILES string of the molecule is CCCC(C)(O)CN1C(=O)CC(C)C1=O. The fraction of sp³-hybridized carbons (Fsp3) is 0.818. The first-order valence-corrected chi connectivity index (χ1v) is 5.44. The molecule has 0 radical (unpaired) electrons. The zero-order valence-electron chi connectivity index (χ0n) is 9.62. The predicted molar refractivity (Wildman–Crippen MR) is 56.0 cm³/mol.